The fourth-order valence-electron chi connectivity index (χ4n) is 8.07. The quantitative estimate of drug-likeness (QED) is 0.0409. The maximum atomic E-state index is 13.1. The second-order valence-corrected chi connectivity index (χ2v) is 18.8. The molecule has 25 heteroatoms. The SMILES string of the molecule is CC(=O)OC(C)=O.COc1cccc(/C=C/c2nc3ccncc3c(=O)n2-c2ccccc2)c1O.COc1cccc(C=O)c1O.Cc1nc2ccncc2c(=O)n1-c1ccccc1.Cc1nc2ccncc2c(=O)o1.Nc1ccccc1.Nc1ccncc1C(=O)O. The third-order valence-electron chi connectivity index (χ3n) is 12.3. The molecule has 0 bridgehead atoms. The Hall–Kier alpha value is -13.1. The summed E-state index contributed by atoms with van der Waals surface area (Å²) in [7, 11) is 2.93. The molecule has 0 aliphatic carbocycles. The number of benzene rings is 5. The number of esters is 2. The van der Waals surface area contributed by atoms with Gasteiger partial charge in [0, 0.05) is 87.3 Å². The number of fused-ring (bicyclic) bond motifs is 3. The molecule has 25 nitrogen and oxygen atoms in total. The molecule has 0 spiro atoms. The Labute approximate surface area is 529 Å². The summed E-state index contributed by atoms with van der Waals surface area (Å²) in [5.41, 5.74) is 15.3. The number of carboxylic acids is 1. The van der Waals surface area contributed by atoms with Crippen LogP contribution in [-0.4, -0.2) is 97.8 Å². The Balaban J connectivity index is 0.000000183. The van der Waals surface area contributed by atoms with Gasteiger partial charge < -0.3 is 45.4 Å². The summed E-state index contributed by atoms with van der Waals surface area (Å²) in [5, 5.41) is 29.4. The van der Waals surface area contributed by atoms with Gasteiger partial charge in [0.25, 0.3) is 11.1 Å². The van der Waals surface area contributed by atoms with Gasteiger partial charge in [-0.1, -0.05) is 72.8 Å². The van der Waals surface area contributed by atoms with Crippen molar-refractivity contribution in [2.24, 2.45) is 0 Å². The van der Waals surface area contributed by atoms with E-state index in [1.54, 1.807) is 97.0 Å². The number of phenolic OH excluding ortho intramolecular Hbond substituents is 2. The molecular formula is C68H61N11O14. The topological polar surface area (TPSA) is 373 Å². The number of aldehydes is 1. The van der Waals surface area contributed by atoms with Crippen LogP contribution in [0.3, 0.4) is 0 Å². The van der Waals surface area contributed by atoms with Crippen LogP contribution in [0.25, 0.3) is 56.2 Å². The predicted molar refractivity (Wildman–Crippen MR) is 350 cm³/mol. The molecule has 472 valence electrons. The number of carbonyl (C=O) groups excluding carboxylic acids is 3. The number of aromatic nitrogens is 9. The fourth-order valence-corrected chi connectivity index (χ4v) is 8.07. The maximum absolute atomic E-state index is 13.1. The van der Waals surface area contributed by atoms with E-state index in [9.17, 15) is 43.8 Å². The van der Waals surface area contributed by atoms with E-state index in [0.717, 1.165) is 11.4 Å². The largest absolute Gasteiger partial charge is 0.504 e. The highest BCUT2D eigenvalue weighted by Gasteiger charge is 2.14. The molecule has 12 aromatic rings. The number of rotatable bonds is 8. The maximum Gasteiger partial charge on any atom is 0.348 e. The highest BCUT2D eigenvalue weighted by atomic mass is 16.6. The van der Waals surface area contributed by atoms with E-state index >= 15 is 0 Å². The Morgan fingerprint density at radius 1 is 0.527 bits per heavy atom. The lowest BCUT2D eigenvalue weighted by Gasteiger charge is -2.11. The monoisotopic (exact) mass is 1260 g/mol. The van der Waals surface area contributed by atoms with Crippen molar-refractivity contribution in [3.8, 4) is 34.4 Å². The van der Waals surface area contributed by atoms with Gasteiger partial charge in [-0.15, -0.1) is 0 Å². The highest BCUT2D eigenvalue weighted by Crippen LogP contribution is 2.31. The molecule has 7 aromatic heterocycles. The molecule has 5 aromatic carbocycles. The standard InChI is InChI=1S/C22H17N3O3.C14H11N3O.C8H6N2O2.C8H8O3.C6H6N2O2.C6H7N.C4H6O3/c1-28-19-9-5-6-15(21(19)26)10-11-20-24-18-12-13-23-14-17(18)22(27)25(20)16-7-3-2-4-8-16;1-10-16-13-7-8-15-9-12(13)14(18)17(10)11-5-3-2-4-6-11;1-5-10-7-2-3-9-4-6(7)8(11)12-5;1-11-7-4-2-3-6(5-9)8(7)10;7-5-1-2-8-3-4(5)6(9)10;7-6-4-2-1-3-5-6;1-3(5)7-4(2)6/h2-14,26H,1H3;2-9H,1H3;2-4H,1H3;2-5,10H,1H3;1-3H,(H2,7,8)(H,9,10);1-5H,7H2;1-2H3/b11-10+;;;;;;. The van der Waals surface area contributed by atoms with Crippen molar-refractivity contribution in [3.05, 3.63) is 267 Å². The molecular weight excluding hydrogens is 1190 g/mol. The normalized spacial score (nSPS) is 10.1. The minimum absolute atomic E-state index is 0.0276. The Bertz CT molecular complexity index is 4730. The first-order chi connectivity index (χ1) is 44.8. The van der Waals surface area contributed by atoms with Gasteiger partial charge in [-0.2, -0.15) is 0 Å². The van der Waals surface area contributed by atoms with Crippen LogP contribution in [0, 0.1) is 13.8 Å². The second kappa shape index (κ2) is 34.5. The summed E-state index contributed by atoms with van der Waals surface area (Å²) >= 11 is 0. The zero-order valence-corrected chi connectivity index (χ0v) is 50.8. The van der Waals surface area contributed by atoms with E-state index in [2.05, 4.69) is 39.6 Å². The number of phenols is 2. The van der Waals surface area contributed by atoms with Crippen molar-refractivity contribution >= 4 is 80.4 Å². The van der Waals surface area contributed by atoms with Crippen molar-refractivity contribution in [1.82, 2.24) is 44.0 Å². The van der Waals surface area contributed by atoms with Gasteiger partial charge in [0.1, 0.15) is 22.6 Å². The van der Waals surface area contributed by atoms with Gasteiger partial charge >= 0.3 is 23.5 Å². The first kappa shape index (κ1) is 69.0. The zero-order chi connectivity index (χ0) is 67.4. The molecule has 7 heterocycles. The number of methoxy groups -OCH3 is 2. The van der Waals surface area contributed by atoms with Crippen molar-refractivity contribution in [2.75, 3.05) is 25.7 Å². The summed E-state index contributed by atoms with van der Waals surface area (Å²) in [6.45, 7) is 5.83. The summed E-state index contributed by atoms with van der Waals surface area (Å²) in [4.78, 5) is 105. The molecule has 0 aliphatic rings. The number of hydrogen-bond acceptors (Lipinski definition) is 22. The van der Waals surface area contributed by atoms with Crippen molar-refractivity contribution in [1.29, 1.82) is 0 Å². The number of anilines is 2. The van der Waals surface area contributed by atoms with E-state index in [0.29, 0.717) is 79.3 Å². The lowest BCUT2D eigenvalue weighted by atomic mass is 10.1. The van der Waals surface area contributed by atoms with E-state index in [4.69, 9.17) is 30.5 Å². The number of nitrogen functional groups attached to an aromatic ring is 2. The lowest BCUT2D eigenvalue weighted by Crippen LogP contribution is -2.22. The molecule has 93 heavy (non-hydrogen) atoms. The second-order valence-electron chi connectivity index (χ2n) is 18.8. The Morgan fingerprint density at radius 3 is 1.44 bits per heavy atom. The van der Waals surface area contributed by atoms with Crippen molar-refractivity contribution < 1.29 is 53.1 Å². The Morgan fingerprint density at radius 2 is 0.978 bits per heavy atom. The van der Waals surface area contributed by atoms with E-state index in [1.807, 2.05) is 97.9 Å². The van der Waals surface area contributed by atoms with E-state index < -0.39 is 17.9 Å². The summed E-state index contributed by atoms with van der Waals surface area (Å²) in [6, 6.07) is 44.8. The number of nitrogens with two attached hydrogens (primary N) is 2. The van der Waals surface area contributed by atoms with Gasteiger partial charge in [-0.3, -0.25) is 53.0 Å². The summed E-state index contributed by atoms with van der Waals surface area (Å²) in [5.74, 6) is -0.0779. The van der Waals surface area contributed by atoms with Crippen LogP contribution in [0.15, 0.2) is 220 Å². The molecule has 12 rings (SSSR count). The van der Waals surface area contributed by atoms with Crippen molar-refractivity contribution in [2.45, 2.75) is 27.7 Å². The minimum Gasteiger partial charge on any atom is -0.504 e. The van der Waals surface area contributed by atoms with Crippen LogP contribution in [0.4, 0.5) is 11.4 Å². The van der Waals surface area contributed by atoms with Gasteiger partial charge in [0.05, 0.1) is 58.5 Å². The molecule has 0 atom stereocenters. The smallest absolute Gasteiger partial charge is 0.348 e. The van der Waals surface area contributed by atoms with Crippen LogP contribution in [0.1, 0.15) is 57.7 Å². The summed E-state index contributed by atoms with van der Waals surface area (Å²) < 4.78 is 21.8. The van der Waals surface area contributed by atoms with E-state index in [-0.39, 0.29) is 45.1 Å². The molecule has 0 saturated carbocycles. The third-order valence-corrected chi connectivity index (χ3v) is 12.3. The average Bonchev–Trinajstić information content (AvgIpc) is 0.797. The number of nitrogens with zero attached hydrogens (tertiary/aromatic N) is 9. The van der Waals surface area contributed by atoms with Crippen LogP contribution in [0.5, 0.6) is 23.0 Å². The number of aromatic carboxylic acids is 1. The van der Waals surface area contributed by atoms with Gasteiger partial charge in [0.2, 0.25) is 0 Å². The number of hydrogen-bond donors (Lipinski definition) is 5. The van der Waals surface area contributed by atoms with Gasteiger partial charge in [-0.25, -0.2) is 24.5 Å². The molecule has 0 saturated heterocycles. The fraction of sp³-hybridized carbons (Fsp3) is 0.0882. The molecule has 0 fully saturated rings. The average molecular weight is 1260 g/mol. The molecule has 7 N–H and O–H groups in total. The first-order valence-electron chi connectivity index (χ1n) is 27.6. The van der Waals surface area contributed by atoms with E-state index in [1.165, 1.54) is 69.6 Å². The van der Waals surface area contributed by atoms with Crippen LogP contribution in [-0.2, 0) is 14.3 Å². The molecule has 0 unspecified atom stereocenters. The molecule has 0 radical (unpaired) electrons. The highest BCUT2D eigenvalue weighted by molar-refractivity contribution is 5.93. The predicted octanol–water partition coefficient (Wildman–Crippen LogP) is 9.59. The Kier molecular flexibility index (Phi) is 25.6. The van der Waals surface area contributed by atoms with Crippen LogP contribution < -0.4 is 37.7 Å². The molecule has 0 aliphatic heterocycles. The molecule has 0 amide bonds. The number of carbonyl (C=O) groups is 4. The first-order valence-corrected chi connectivity index (χ1v) is 27.6. The van der Waals surface area contributed by atoms with Crippen LogP contribution >= 0.6 is 0 Å². The van der Waals surface area contributed by atoms with Crippen LogP contribution in [0.2, 0.25) is 0 Å². The third kappa shape index (κ3) is 19.7. The number of pyridine rings is 4. The van der Waals surface area contributed by atoms with Gasteiger partial charge in [0.15, 0.2) is 35.2 Å². The number of para-hydroxylation sites is 5. The number of carboxylic acid groups (broad SMARTS) is 1. The number of aryl methyl sites for hydroxylation is 2. The lowest BCUT2D eigenvalue weighted by molar-refractivity contribution is -0.156. The minimum atomic E-state index is -1.05. The zero-order valence-electron chi connectivity index (χ0n) is 50.8. The summed E-state index contributed by atoms with van der Waals surface area (Å²) in [6.07, 6.45) is 16.0. The number of ether oxygens (including phenoxy) is 3. The number of aromatic hydroxyl groups is 2. The van der Waals surface area contributed by atoms with Crippen molar-refractivity contribution in [3.63, 3.8) is 0 Å². The van der Waals surface area contributed by atoms with Gasteiger partial charge in [-0.05, 0) is 97.9 Å².